The predicted molar refractivity (Wildman–Crippen MR) is 122 cm³/mol. The third-order valence-corrected chi connectivity index (χ3v) is 8.67. The lowest BCUT2D eigenvalue weighted by molar-refractivity contribution is -0.117. The molecular formula is C23H30N4O4S. The molecule has 1 aromatic heterocycles. The van der Waals surface area contributed by atoms with Crippen LogP contribution in [0.25, 0.3) is 11.1 Å². The average Bonchev–Trinajstić information content (AvgIpc) is 3.38. The first kappa shape index (κ1) is 21.5. The zero-order valence-corrected chi connectivity index (χ0v) is 19.5. The van der Waals surface area contributed by atoms with Crippen LogP contribution in [-0.2, 0) is 21.2 Å². The van der Waals surface area contributed by atoms with Crippen LogP contribution in [0, 0.1) is 0 Å². The molecule has 5 rings (SSSR count). The third kappa shape index (κ3) is 3.92. The van der Waals surface area contributed by atoms with Crippen LogP contribution < -0.4 is 9.64 Å². The summed E-state index contributed by atoms with van der Waals surface area (Å²) in [7, 11) is -3.16. The van der Waals surface area contributed by atoms with Crippen LogP contribution in [0.3, 0.4) is 0 Å². The molecule has 0 N–H and O–H groups in total. The first-order valence-corrected chi connectivity index (χ1v) is 13.1. The standard InChI is InChI=1S/C23H30N4O4S/c1-16-4-7-21-22(27(16)17(2)28)9-8-20(18-14-24-26(15-18)19-5-6-19)23(21)31-12-11-25-10-3-13-32(25,29)30/h8-9,14-16,19H,3-7,10-13H2,1-2H3. The van der Waals surface area contributed by atoms with E-state index in [2.05, 4.69) is 18.2 Å². The second-order valence-corrected chi connectivity index (χ2v) is 11.2. The number of nitrogens with zero attached hydrogens (tertiary/aromatic N) is 4. The van der Waals surface area contributed by atoms with Gasteiger partial charge in [0.15, 0.2) is 0 Å². The molecule has 3 heterocycles. The lowest BCUT2D eigenvalue weighted by Gasteiger charge is -2.36. The van der Waals surface area contributed by atoms with E-state index in [0.717, 1.165) is 53.8 Å². The van der Waals surface area contributed by atoms with Crippen LogP contribution in [0.4, 0.5) is 5.69 Å². The number of ether oxygens (including phenoxy) is 1. The van der Waals surface area contributed by atoms with E-state index >= 15 is 0 Å². The van der Waals surface area contributed by atoms with Gasteiger partial charge in [-0.05, 0) is 51.2 Å². The number of hydrogen-bond donors (Lipinski definition) is 0. The van der Waals surface area contributed by atoms with Gasteiger partial charge in [0.05, 0.1) is 23.7 Å². The van der Waals surface area contributed by atoms with Gasteiger partial charge in [0.25, 0.3) is 0 Å². The first-order chi connectivity index (χ1) is 15.3. The summed E-state index contributed by atoms with van der Waals surface area (Å²) in [6.45, 7) is 4.82. The van der Waals surface area contributed by atoms with E-state index in [4.69, 9.17) is 4.74 Å². The van der Waals surface area contributed by atoms with Gasteiger partial charge in [0.1, 0.15) is 12.4 Å². The second kappa shape index (κ2) is 8.19. The number of sulfonamides is 1. The number of fused-ring (bicyclic) bond motifs is 1. The van der Waals surface area contributed by atoms with E-state index in [-0.39, 0.29) is 24.3 Å². The number of carbonyl (C=O) groups is 1. The number of hydrogen-bond acceptors (Lipinski definition) is 5. The van der Waals surface area contributed by atoms with Crippen LogP contribution in [-0.4, -0.2) is 59.9 Å². The number of rotatable bonds is 6. The Hall–Kier alpha value is -2.39. The van der Waals surface area contributed by atoms with Gasteiger partial charge in [0.2, 0.25) is 15.9 Å². The Balaban J connectivity index is 1.49. The summed E-state index contributed by atoms with van der Waals surface area (Å²) < 4.78 is 34.2. The molecule has 172 valence electrons. The Labute approximate surface area is 189 Å². The van der Waals surface area contributed by atoms with Crippen LogP contribution in [0.2, 0.25) is 0 Å². The summed E-state index contributed by atoms with van der Waals surface area (Å²) in [5, 5.41) is 4.53. The maximum absolute atomic E-state index is 12.4. The van der Waals surface area contributed by atoms with Crippen LogP contribution in [0.5, 0.6) is 5.75 Å². The van der Waals surface area contributed by atoms with Gasteiger partial charge in [-0.3, -0.25) is 9.48 Å². The molecule has 2 aliphatic heterocycles. The summed E-state index contributed by atoms with van der Waals surface area (Å²) in [6.07, 6.45) is 8.57. The highest BCUT2D eigenvalue weighted by molar-refractivity contribution is 7.89. The Morgan fingerprint density at radius 1 is 1.25 bits per heavy atom. The van der Waals surface area contributed by atoms with E-state index in [9.17, 15) is 13.2 Å². The normalized spacial score (nSPS) is 22.7. The molecule has 3 aliphatic rings. The molecular weight excluding hydrogens is 428 g/mol. The predicted octanol–water partition coefficient (Wildman–Crippen LogP) is 2.99. The molecule has 9 heteroatoms. The summed E-state index contributed by atoms with van der Waals surface area (Å²) in [5.41, 5.74) is 3.83. The van der Waals surface area contributed by atoms with Crippen molar-refractivity contribution in [2.75, 3.05) is 30.3 Å². The zero-order chi connectivity index (χ0) is 22.5. The van der Waals surface area contributed by atoms with Crippen LogP contribution in [0.1, 0.15) is 51.1 Å². The fourth-order valence-electron chi connectivity index (χ4n) is 4.88. The molecule has 1 aromatic carbocycles. The minimum absolute atomic E-state index is 0.0156. The smallest absolute Gasteiger partial charge is 0.224 e. The van der Waals surface area contributed by atoms with Gasteiger partial charge in [-0.15, -0.1) is 0 Å². The summed E-state index contributed by atoms with van der Waals surface area (Å²) in [4.78, 5) is 14.2. The minimum atomic E-state index is -3.16. The van der Waals surface area contributed by atoms with Gasteiger partial charge in [-0.25, -0.2) is 8.42 Å². The van der Waals surface area contributed by atoms with Crippen molar-refractivity contribution in [3.05, 3.63) is 30.1 Å². The largest absolute Gasteiger partial charge is 0.491 e. The molecule has 2 fully saturated rings. The SMILES string of the molecule is CC(=O)N1c2ccc(-c3cnn(C4CC4)c3)c(OCCN3CCCS3(=O)=O)c2CCC1C. The monoisotopic (exact) mass is 458 g/mol. The van der Waals surface area contributed by atoms with Gasteiger partial charge in [0, 0.05) is 48.9 Å². The van der Waals surface area contributed by atoms with Crippen molar-refractivity contribution in [1.82, 2.24) is 14.1 Å². The number of carbonyl (C=O) groups excluding carboxylic acids is 1. The molecule has 0 bridgehead atoms. The molecule has 1 saturated heterocycles. The number of aromatic nitrogens is 2. The number of anilines is 1. The highest BCUT2D eigenvalue weighted by Gasteiger charge is 2.32. The van der Waals surface area contributed by atoms with Crippen molar-refractivity contribution in [3.63, 3.8) is 0 Å². The Kier molecular flexibility index (Phi) is 5.49. The third-order valence-electron chi connectivity index (χ3n) is 6.71. The highest BCUT2D eigenvalue weighted by Crippen LogP contribution is 2.44. The maximum atomic E-state index is 12.4. The van der Waals surface area contributed by atoms with Gasteiger partial charge >= 0.3 is 0 Å². The molecule has 1 amide bonds. The van der Waals surface area contributed by atoms with Gasteiger partial charge in [-0.1, -0.05) is 0 Å². The first-order valence-electron chi connectivity index (χ1n) is 11.5. The summed E-state index contributed by atoms with van der Waals surface area (Å²) in [6, 6.07) is 4.63. The fraction of sp³-hybridized carbons (Fsp3) is 0.565. The van der Waals surface area contributed by atoms with E-state index < -0.39 is 10.0 Å². The minimum Gasteiger partial charge on any atom is -0.491 e. The molecule has 1 unspecified atom stereocenters. The highest BCUT2D eigenvalue weighted by atomic mass is 32.2. The second-order valence-electron chi connectivity index (χ2n) is 9.07. The van der Waals surface area contributed by atoms with Gasteiger partial charge < -0.3 is 9.64 Å². The van der Waals surface area contributed by atoms with Crippen molar-refractivity contribution >= 4 is 21.6 Å². The fourth-order valence-corrected chi connectivity index (χ4v) is 6.40. The van der Waals surface area contributed by atoms with E-state index in [1.165, 1.54) is 4.31 Å². The number of amides is 1. The topological polar surface area (TPSA) is 84.7 Å². The van der Waals surface area contributed by atoms with Crippen molar-refractivity contribution in [3.8, 4) is 16.9 Å². The van der Waals surface area contributed by atoms with Crippen molar-refractivity contribution in [1.29, 1.82) is 0 Å². The zero-order valence-electron chi connectivity index (χ0n) is 18.7. The van der Waals surface area contributed by atoms with E-state index in [1.54, 1.807) is 6.92 Å². The lowest BCUT2D eigenvalue weighted by atomic mass is 9.92. The van der Waals surface area contributed by atoms with Crippen LogP contribution >= 0.6 is 0 Å². The average molecular weight is 459 g/mol. The molecule has 1 atom stereocenters. The molecule has 0 radical (unpaired) electrons. The number of benzene rings is 1. The lowest BCUT2D eigenvalue weighted by Crippen LogP contribution is -2.41. The van der Waals surface area contributed by atoms with Crippen LogP contribution in [0.15, 0.2) is 24.5 Å². The Morgan fingerprint density at radius 2 is 2.06 bits per heavy atom. The summed E-state index contributed by atoms with van der Waals surface area (Å²) in [5.74, 6) is 0.972. The summed E-state index contributed by atoms with van der Waals surface area (Å²) >= 11 is 0. The molecule has 2 aromatic rings. The molecule has 0 spiro atoms. The Bertz CT molecular complexity index is 1140. The van der Waals surface area contributed by atoms with E-state index in [0.29, 0.717) is 25.6 Å². The van der Waals surface area contributed by atoms with Gasteiger partial charge in [-0.2, -0.15) is 9.40 Å². The molecule has 1 saturated carbocycles. The van der Waals surface area contributed by atoms with Crippen molar-refractivity contribution in [2.45, 2.75) is 58.0 Å². The maximum Gasteiger partial charge on any atom is 0.224 e. The molecule has 8 nitrogen and oxygen atoms in total. The molecule has 1 aliphatic carbocycles. The van der Waals surface area contributed by atoms with Crippen molar-refractivity contribution < 1.29 is 17.9 Å². The molecule has 32 heavy (non-hydrogen) atoms. The quantitative estimate of drug-likeness (QED) is 0.664. The van der Waals surface area contributed by atoms with Crippen molar-refractivity contribution in [2.24, 2.45) is 0 Å². The van der Waals surface area contributed by atoms with E-state index in [1.807, 2.05) is 27.9 Å². The Morgan fingerprint density at radius 3 is 2.75 bits per heavy atom.